The Morgan fingerprint density at radius 1 is 0.960 bits per heavy atom. The molecular weight excluding hydrogens is 345 g/mol. The summed E-state index contributed by atoms with van der Waals surface area (Å²) in [6.07, 6.45) is -4.17. The fraction of sp³-hybridized carbons (Fsp3) is 0.375. The molecule has 3 heterocycles. The molecule has 4 rings (SSSR count). The predicted molar refractivity (Wildman–Crippen MR) is 80.7 cm³/mol. The van der Waals surface area contributed by atoms with E-state index in [2.05, 4.69) is 9.97 Å². The maximum absolute atomic E-state index is 13.9. The summed E-state index contributed by atoms with van der Waals surface area (Å²) in [7, 11) is 0. The second-order valence-corrected chi connectivity index (χ2v) is 5.91. The molecule has 0 amide bonds. The Labute approximate surface area is 138 Å². The molecule has 1 aromatic carbocycles. The monoisotopic (exact) mass is 357 g/mol. The molecule has 4 nitrogen and oxygen atoms in total. The molecule has 25 heavy (non-hydrogen) atoms. The topological polar surface area (TPSA) is 42.2 Å². The summed E-state index contributed by atoms with van der Waals surface area (Å²) in [4.78, 5) is 8.75. The first-order valence-corrected chi connectivity index (χ1v) is 7.68. The molecule has 0 spiro atoms. The number of halogens is 5. The molecule has 1 fully saturated rings. The van der Waals surface area contributed by atoms with Crippen molar-refractivity contribution in [2.24, 2.45) is 0 Å². The van der Waals surface area contributed by atoms with Crippen LogP contribution in [0.4, 0.5) is 27.8 Å². The smallest absolute Gasteiger partial charge is 0.450 e. The number of alkyl halides is 5. The van der Waals surface area contributed by atoms with Crippen LogP contribution < -0.4 is 4.90 Å². The molecule has 0 aliphatic carbocycles. The van der Waals surface area contributed by atoms with Crippen LogP contribution in [0.25, 0.3) is 22.1 Å². The molecule has 1 aliphatic heterocycles. The molecule has 0 N–H and O–H groups in total. The number of hydrogen-bond donors (Lipinski definition) is 0. The van der Waals surface area contributed by atoms with Crippen molar-refractivity contribution in [1.29, 1.82) is 0 Å². The van der Waals surface area contributed by atoms with Crippen LogP contribution in [0.2, 0.25) is 0 Å². The summed E-state index contributed by atoms with van der Waals surface area (Å²) in [5.74, 6) is -6.72. The van der Waals surface area contributed by atoms with Gasteiger partial charge in [0, 0.05) is 18.5 Å². The van der Waals surface area contributed by atoms with Gasteiger partial charge >= 0.3 is 12.1 Å². The highest BCUT2D eigenvalue weighted by molar-refractivity contribution is 6.05. The minimum absolute atomic E-state index is 0.0161. The first kappa shape index (κ1) is 16.0. The van der Waals surface area contributed by atoms with Gasteiger partial charge < -0.3 is 9.32 Å². The van der Waals surface area contributed by atoms with Crippen LogP contribution in [0.3, 0.4) is 0 Å². The van der Waals surface area contributed by atoms with Gasteiger partial charge in [0.25, 0.3) is 0 Å². The van der Waals surface area contributed by atoms with E-state index in [0.717, 1.165) is 12.8 Å². The Morgan fingerprint density at radius 2 is 1.64 bits per heavy atom. The van der Waals surface area contributed by atoms with Crippen LogP contribution in [0.5, 0.6) is 0 Å². The third-order valence-corrected chi connectivity index (χ3v) is 4.24. The van der Waals surface area contributed by atoms with Gasteiger partial charge in [-0.05, 0) is 25.0 Å². The van der Waals surface area contributed by atoms with E-state index in [0.29, 0.717) is 24.1 Å². The predicted octanol–water partition coefficient (Wildman–Crippen LogP) is 4.63. The zero-order chi connectivity index (χ0) is 17.8. The summed E-state index contributed by atoms with van der Waals surface area (Å²) >= 11 is 0. The number of anilines is 1. The van der Waals surface area contributed by atoms with Crippen molar-refractivity contribution in [2.45, 2.75) is 24.9 Å². The molecule has 0 unspecified atom stereocenters. The van der Waals surface area contributed by atoms with Crippen molar-refractivity contribution in [3.8, 4) is 0 Å². The molecule has 1 aliphatic rings. The van der Waals surface area contributed by atoms with E-state index in [-0.39, 0.29) is 16.9 Å². The van der Waals surface area contributed by atoms with E-state index in [1.54, 1.807) is 29.2 Å². The van der Waals surface area contributed by atoms with E-state index < -0.39 is 17.9 Å². The van der Waals surface area contributed by atoms with Gasteiger partial charge in [-0.2, -0.15) is 22.0 Å². The number of hydrogen-bond acceptors (Lipinski definition) is 4. The summed E-state index contributed by atoms with van der Waals surface area (Å²) in [5, 5.41) is 0.375. The van der Waals surface area contributed by atoms with Crippen molar-refractivity contribution in [3.63, 3.8) is 0 Å². The zero-order valence-corrected chi connectivity index (χ0v) is 12.8. The van der Waals surface area contributed by atoms with Crippen LogP contribution >= 0.6 is 0 Å². The fourth-order valence-corrected chi connectivity index (χ4v) is 2.99. The van der Waals surface area contributed by atoms with Crippen molar-refractivity contribution >= 4 is 27.9 Å². The van der Waals surface area contributed by atoms with E-state index in [1.807, 2.05) is 0 Å². The van der Waals surface area contributed by atoms with E-state index in [9.17, 15) is 22.0 Å². The van der Waals surface area contributed by atoms with Gasteiger partial charge in [0.1, 0.15) is 11.1 Å². The number of rotatable bonds is 2. The Bertz CT molecular complexity index is 944. The van der Waals surface area contributed by atoms with Crippen molar-refractivity contribution < 1.29 is 26.4 Å². The summed E-state index contributed by atoms with van der Waals surface area (Å²) in [6.45, 7) is 1.03. The largest absolute Gasteiger partial charge is 0.461 e. The van der Waals surface area contributed by atoms with Gasteiger partial charge in [-0.15, -0.1) is 0 Å². The van der Waals surface area contributed by atoms with Crippen LogP contribution in [0, 0.1) is 0 Å². The Morgan fingerprint density at radius 3 is 2.32 bits per heavy atom. The first-order chi connectivity index (χ1) is 11.8. The first-order valence-electron chi connectivity index (χ1n) is 7.68. The maximum Gasteiger partial charge on any atom is 0.461 e. The Hall–Kier alpha value is -2.45. The molecule has 132 valence electrons. The summed E-state index contributed by atoms with van der Waals surface area (Å²) < 4.78 is 71.8. The van der Waals surface area contributed by atoms with Gasteiger partial charge in [0.15, 0.2) is 11.4 Å². The average Bonchev–Trinajstić information content (AvgIpc) is 3.20. The Kier molecular flexibility index (Phi) is 3.38. The number of benzene rings is 1. The minimum atomic E-state index is -5.78. The number of aromatic nitrogens is 2. The highest BCUT2D eigenvalue weighted by Crippen LogP contribution is 2.44. The van der Waals surface area contributed by atoms with Crippen molar-refractivity contribution in [3.05, 3.63) is 30.1 Å². The maximum atomic E-state index is 13.9. The number of fused-ring (bicyclic) bond motifs is 3. The number of furan rings is 1. The zero-order valence-electron chi connectivity index (χ0n) is 12.8. The Balaban J connectivity index is 2.03. The van der Waals surface area contributed by atoms with E-state index in [1.165, 1.54) is 0 Å². The third-order valence-electron chi connectivity index (χ3n) is 4.24. The number of nitrogens with zero attached hydrogens (tertiary/aromatic N) is 3. The molecule has 0 saturated carbocycles. The van der Waals surface area contributed by atoms with Gasteiger partial charge in [-0.25, -0.2) is 9.97 Å². The summed E-state index contributed by atoms with van der Waals surface area (Å²) in [5.41, 5.74) is 0.455. The van der Waals surface area contributed by atoms with E-state index in [4.69, 9.17) is 4.42 Å². The van der Waals surface area contributed by atoms with Crippen LogP contribution in [-0.2, 0) is 5.92 Å². The highest BCUT2D eigenvalue weighted by atomic mass is 19.4. The summed E-state index contributed by atoms with van der Waals surface area (Å²) in [6, 6.07) is 6.49. The normalized spacial score (nSPS) is 16.3. The molecule has 9 heteroatoms. The molecule has 0 bridgehead atoms. The van der Waals surface area contributed by atoms with Gasteiger partial charge in [0.05, 0.1) is 0 Å². The van der Waals surface area contributed by atoms with Gasteiger partial charge in [0.2, 0.25) is 5.82 Å². The molecule has 1 saturated heterocycles. The quantitative estimate of drug-likeness (QED) is 0.627. The second-order valence-electron chi connectivity index (χ2n) is 5.91. The van der Waals surface area contributed by atoms with Crippen LogP contribution in [0.1, 0.15) is 18.7 Å². The van der Waals surface area contributed by atoms with Gasteiger partial charge in [-0.3, -0.25) is 0 Å². The molecular formula is C16H12F5N3O. The lowest BCUT2D eigenvalue weighted by Crippen LogP contribution is -2.36. The minimum Gasteiger partial charge on any atom is -0.450 e. The van der Waals surface area contributed by atoms with Gasteiger partial charge in [-0.1, -0.05) is 12.1 Å². The number of para-hydroxylation sites is 1. The standard InChI is InChI=1S/C16H12F5N3O/c17-15(18,16(19,20)21)14-22-11-9-5-1-2-6-10(9)25-12(11)13(23-14)24-7-3-4-8-24/h1-2,5-6H,3-4,7-8H2. The average molecular weight is 357 g/mol. The SMILES string of the molecule is FC(F)(F)C(F)(F)c1nc(N2CCCC2)c2oc3ccccc3c2n1. The lowest BCUT2D eigenvalue weighted by molar-refractivity contribution is -0.292. The lowest BCUT2D eigenvalue weighted by atomic mass is 10.2. The molecule has 2 aromatic heterocycles. The third kappa shape index (κ3) is 2.40. The van der Waals surface area contributed by atoms with Crippen LogP contribution in [-0.4, -0.2) is 29.2 Å². The second kappa shape index (κ2) is 5.27. The molecule has 0 atom stereocenters. The highest BCUT2D eigenvalue weighted by Gasteiger charge is 2.61. The van der Waals surface area contributed by atoms with E-state index >= 15 is 0 Å². The van der Waals surface area contributed by atoms with Crippen LogP contribution in [0.15, 0.2) is 28.7 Å². The molecule has 3 aromatic rings. The van der Waals surface area contributed by atoms with Crippen molar-refractivity contribution in [1.82, 2.24) is 9.97 Å². The van der Waals surface area contributed by atoms with Crippen molar-refractivity contribution in [2.75, 3.05) is 18.0 Å². The molecule has 0 radical (unpaired) electrons. The fourth-order valence-electron chi connectivity index (χ4n) is 2.99. The lowest BCUT2D eigenvalue weighted by Gasteiger charge is -2.21.